The summed E-state index contributed by atoms with van der Waals surface area (Å²) in [4.78, 5) is 11.0. The van der Waals surface area contributed by atoms with Gasteiger partial charge in [0.25, 0.3) is 0 Å². The molecular formula is C10H9BrN2O. The zero-order valence-electron chi connectivity index (χ0n) is 7.67. The van der Waals surface area contributed by atoms with Crippen LogP contribution in [0.2, 0.25) is 0 Å². The molecule has 0 aliphatic heterocycles. The van der Waals surface area contributed by atoms with Crippen molar-refractivity contribution in [2.75, 3.05) is 0 Å². The van der Waals surface area contributed by atoms with Crippen molar-refractivity contribution in [3.05, 3.63) is 28.4 Å². The summed E-state index contributed by atoms with van der Waals surface area (Å²) in [5.41, 5.74) is 1.84. The first kappa shape index (κ1) is 9.40. The van der Waals surface area contributed by atoms with Crippen molar-refractivity contribution >= 4 is 32.6 Å². The van der Waals surface area contributed by atoms with Gasteiger partial charge in [-0.3, -0.25) is 9.89 Å². The van der Waals surface area contributed by atoms with Crippen LogP contribution in [0.1, 0.15) is 12.5 Å². The van der Waals surface area contributed by atoms with E-state index >= 15 is 0 Å². The van der Waals surface area contributed by atoms with Crippen molar-refractivity contribution in [1.82, 2.24) is 10.2 Å². The summed E-state index contributed by atoms with van der Waals surface area (Å²) in [6.07, 6.45) is 0.439. The minimum absolute atomic E-state index is 0.150. The molecule has 1 aromatic carbocycles. The van der Waals surface area contributed by atoms with E-state index in [-0.39, 0.29) is 5.78 Å². The number of rotatable bonds is 2. The van der Waals surface area contributed by atoms with Gasteiger partial charge in [-0.25, -0.2) is 0 Å². The number of ketones is 1. The highest BCUT2D eigenvalue weighted by atomic mass is 79.9. The van der Waals surface area contributed by atoms with Gasteiger partial charge in [0.1, 0.15) is 10.4 Å². The highest BCUT2D eigenvalue weighted by Gasteiger charge is 2.08. The number of fused-ring (bicyclic) bond motifs is 1. The number of halogens is 1. The molecule has 14 heavy (non-hydrogen) atoms. The Morgan fingerprint density at radius 2 is 2.36 bits per heavy atom. The lowest BCUT2D eigenvalue weighted by Gasteiger charge is -1.97. The maximum atomic E-state index is 11.0. The van der Waals surface area contributed by atoms with E-state index in [1.54, 1.807) is 6.92 Å². The van der Waals surface area contributed by atoms with Crippen LogP contribution in [0.3, 0.4) is 0 Å². The minimum Gasteiger partial charge on any atom is -0.300 e. The third-order valence-electron chi connectivity index (χ3n) is 2.06. The van der Waals surface area contributed by atoms with Gasteiger partial charge in [0.05, 0.1) is 5.52 Å². The Labute approximate surface area is 89.6 Å². The van der Waals surface area contributed by atoms with Crippen molar-refractivity contribution in [3.63, 3.8) is 0 Å². The van der Waals surface area contributed by atoms with Crippen LogP contribution in [0.25, 0.3) is 10.9 Å². The zero-order valence-corrected chi connectivity index (χ0v) is 9.26. The van der Waals surface area contributed by atoms with E-state index in [4.69, 9.17) is 0 Å². The maximum absolute atomic E-state index is 11.0. The molecule has 0 fully saturated rings. The van der Waals surface area contributed by atoms with Crippen LogP contribution in [-0.4, -0.2) is 16.0 Å². The number of carbonyl (C=O) groups is 1. The quantitative estimate of drug-likeness (QED) is 0.893. The first-order valence-electron chi connectivity index (χ1n) is 4.29. The fourth-order valence-corrected chi connectivity index (χ4v) is 1.89. The standard InChI is InChI=1S/C10H9BrN2O/c1-6(14)5-7-3-2-4-8-9(7)12-13-10(8)11/h2-4H,5H2,1H3,(H,12,13). The van der Waals surface area contributed by atoms with Crippen LogP contribution in [0.15, 0.2) is 22.8 Å². The van der Waals surface area contributed by atoms with Gasteiger partial charge in [0.2, 0.25) is 0 Å². The number of para-hydroxylation sites is 1. The number of benzene rings is 1. The molecule has 0 saturated carbocycles. The predicted octanol–water partition coefficient (Wildman–Crippen LogP) is 2.46. The maximum Gasteiger partial charge on any atom is 0.134 e. The zero-order chi connectivity index (χ0) is 10.1. The fraction of sp³-hybridized carbons (Fsp3) is 0.200. The lowest BCUT2D eigenvalue weighted by molar-refractivity contribution is -0.116. The summed E-state index contributed by atoms with van der Waals surface area (Å²) in [6, 6.07) is 5.82. The van der Waals surface area contributed by atoms with Gasteiger partial charge in [0, 0.05) is 11.8 Å². The molecular weight excluding hydrogens is 244 g/mol. The lowest BCUT2D eigenvalue weighted by Crippen LogP contribution is -1.96. The van der Waals surface area contributed by atoms with Gasteiger partial charge in [-0.05, 0) is 28.4 Å². The topological polar surface area (TPSA) is 45.8 Å². The number of carbonyl (C=O) groups excluding carboxylic acids is 1. The van der Waals surface area contributed by atoms with E-state index in [0.717, 1.165) is 21.1 Å². The smallest absolute Gasteiger partial charge is 0.134 e. The number of nitrogens with one attached hydrogen (secondary N) is 1. The van der Waals surface area contributed by atoms with Crippen LogP contribution in [0, 0.1) is 0 Å². The molecule has 1 aromatic heterocycles. The van der Waals surface area contributed by atoms with Gasteiger partial charge < -0.3 is 0 Å². The predicted molar refractivity (Wildman–Crippen MR) is 58.2 cm³/mol. The SMILES string of the molecule is CC(=O)Cc1cccc2c(Br)[nH]nc12. The van der Waals surface area contributed by atoms with Crippen LogP contribution < -0.4 is 0 Å². The van der Waals surface area contributed by atoms with E-state index in [0.29, 0.717) is 6.42 Å². The lowest BCUT2D eigenvalue weighted by atomic mass is 10.1. The Bertz CT molecular complexity index is 490. The van der Waals surface area contributed by atoms with Crippen molar-refractivity contribution < 1.29 is 4.79 Å². The number of aromatic amines is 1. The number of aromatic nitrogens is 2. The summed E-state index contributed by atoms with van der Waals surface area (Å²) in [7, 11) is 0. The Balaban J connectivity index is 2.59. The molecule has 1 heterocycles. The van der Waals surface area contributed by atoms with Gasteiger partial charge in [-0.2, -0.15) is 5.10 Å². The van der Waals surface area contributed by atoms with Crippen molar-refractivity contribution in [2.24, 2.45) is 0 Å². The molecule has 0 aliphatic rings. The van der Waals surface area contributed by atoms with Gasteiger partial charge in [0.15, 0.2) is 0 Å². The van der Waals surface area contributed by atoms with Gasteiger partial charge >= 0.3 is 0 Å². The molecule has 3 nitrogen and oxygen atoms in total. The molecule has 0 unspecified atom stereocenters. The Kier molecular flexibility index (Phi) is 2.37. The molecule has 0 atom stereocenters. The van der Waals surface area contributed by atoms with Crippen LogP contribution in [0.5, 0.6) is 0 Å². The first-order valence-corrected chi connectivity index (χ1v) is 5.08. The summed E-state index contributed by atoms with van der Waals surface area (Å²) in [6.45, 7) is 1.58. The van der Waals surface area contributed by atoms with Crippen molar-refractivity contribution in [1.29, 1.82) is 0 Å². The minimum atomic E-state index is 0.150. The second kappa shape index (κ2) is 3.53. The Morgan fingerprint density at radius 3 is 3.07 bits per heavy atom. The molecule has 0 bridgehead atoms. The molecule has 4 heteroatoms. The van der Waals surface area contributed by atoms with Crippen molar-refractivity contribution in [3.8, 4) is 0 Å². The molecule has 0 saturated heterocycles. The van der Waals surface area contributed by atoms with E-state index in [2.05, 4.69) is 26.1 Å². The summed E-state index contributed by atoms with van der Waals surface area (Å²) in [5, 5.41) is 8.01. The first-order chi connectivity index (χ1) is 6.68. The highest BCUT2D eigenvalue weighted by Crippen LogP contribution is 2.23. The molecule has 0 radical (unpaired) electrons. The molecule has 1 N–H and O–H groups in total. The number of hydrogen-bond acceptors (Lipinski definition) is 2. The number of Topliss-reactive ketones (excluding diaryl/α,β-unsaturated/α-hetero) is 1. The van der Waals surface area contributed by atoms with Gasteiger partial charge in [-0.15, -0.1) is 0 Å². The summed E-state index contributed by atoms with van der Waals surface area (Å²) >= 11 is 3.36. The summed E-state index contributed by atoms with van der Waals surface area (Å²) in [5.74, 6) is 0.150. The Morgan fingerprint density at radius 1 is 1.57 bits per heavy atom. The highest BCUT2D eigenvalue weighted by molar-refractivity contribution is 9.10. The third kappa shape index (κ3) is 1.57. The normalized spacial score (nSPS) is 10.7. The number of nitrogens with zero attached hydrogens (tertiary/aromatic N) is 1. The Hall–Kier alpha value is -1.16. The molecule has 0 amide bonds. The number of H-pyrrole nitrogens is 1. The van der Waals surface area contributed by atoms with Gasteiger partial charge in [-0.1, -0.05) is 18.2 Å². The second-order valence-corrected chi connectivity index (χ2v) is 4.02. The monoisotopic (exact) mass is 252 g/mol. The van der Waals surface area contributed by atoms with E-state index in [9.17, 15) is 4.79 Å². The van der Waals surface area contributed by atoms with Crippen molar-refractivity contribution in [2.45, 2.75) is 13.3 Å². The molecule has 72 valence electrons. The second-order valence-electron chi connectivity index (χ2n) is 3.23. The van der Waals surface area contributed by atoms with E-state index in [1.807, 2.05) is 18.2 Å². The average molecular weight is 253 g/mol. The third-order valence-corrected chi connectivity index (χ3v) is 2.67. The van der Waals surface area contributed by atoms with E-state index < -0.39 is 0 Å². The van der Waals surface area contributed by atoms with Crippen LogP contribution in [0.4, 0.5) is 0 Å². The fourth-order valence-electron chi connectivity index (χ4n) is 1.48. The molecule has 0 aliphatic carbocycles. The van der Waals surface area contributed by atoms with E-state index in [1.165, 1.54) is 0 Å². The largest absolute Gasteiger partial charge is 0.300 e. The average Bonchev–Trinajstić information content (AvgIpc) is 2.49. The van der Waals surface area contributed by atoms with Crippen LogP contribution >= 0.6 is 15.9 Å². The van der Waals surface area contributed by atoms with Crippen LogP contribution in [-0.2, 0) is 11.2 Å². The summed E-state index contributed by atoms with van der Waals surface area (Å²) < 4.78 is 0.859. The molecule has 2 aromatic rings. The molecule has 2 rings (SSSR count). The molecule has 0 spiro atoms. The number of hydrogen-bond donors (Lipinski definition) is 1.